The van der Waals surface area contributed by atoms with Crippen LogP contribution in [0, 0.1) is 17.8 Å². The van der Waals surface area contributed by atoms with Gasteiger partial charge in [0.25, 0.3) is 0 Å². The standard InChI is InChI=1S/C16H32N2/c1-13(2)16-7-8-17(12-16)11-15-5-9-18(10-6-15)14(3)4/h13-16H,5-12H2,1-4H3/t16-/m0/s1. The normalized spacial score (nSPS) is 28.7. The van der Waals surface area contributed by atoms with E-state index in [1.807, 2.05) is 0 Å². The zero-order valence-corrected chi connectivity index (χ0v) is 12.9. The van der Waals surface area contributed by atoms with Crippen LogP contribution in [-0.4, -0.2) is 48.6 Å². The Morgan fingerprint density at radius 2 is 1.61 bits per heavy atom. The Hall–Kier alpha value is -0.0800. The van der Waals surface area contributed by atoms with Crippen molar-refractivity contribution in [2.75, 3.05) is 32.7 Å². The number of piperidine rings is 1. The molecular formula is C16H32N2. The first-order valence-electron chi connectivity index (χ1n) is 8.02. The van der Waals surface area contributed by atoms with Crippen LogP contribution in [-0.2, 0) is 0 Å². The largest absolute Gasteiger partial charge is 0.303 e. The van der Waals surface area contributed by atoms with Crippen molar-refractivity contribution in [2.24, 2.45) is 17.8 Å². The molecule has 0 aromatic rings. The molecule has 0 N–H and O–H groups in total. The molecule has 2 fully saturated rings. The maximum absolute atomic E-state index is 2.74. The maximum atomic E-state index is 2.74. The van der Waals surface area contributed by atoms with Gasteiger partial charge >= 0.3 is 0 Å². The van der Waals surface area contributed by atoms with Crippen molar-refractivity contribution in [3.8, 4) is 0 Å². The van der Waals surface area contributed by atoms with E-state index in [2.05, 4.69) is 37.5 Å². The van der Waals surface area contributed by atoms with Crippen LogP contribution in [0.1, 0.15) is 47.0 Å². The second kappa shape index (κ2) is 6.38. The molecular weight excluding hydrogens is 220 g/mol. The first kappa shape index (κ1) is 14.3. The Labute approximate surface area is 114 Å². The SMILES string of the molecule is CC(C)[C@H]1CCN(CC2CCN(C(C)C)CC2)C1. The van der Waals surface area contributed by atoms with Crippen LogP contribution in [0.3, 0.4) is 0 Å². The van der Waals surface area contributed by atoms with Crippen LogP contribution in [0.5, 0.6) is 0 Å². The summed E-state index contributed by atoms with van der Waals surface area (Å²) in [5.74, 6) is 2.80. The predicted octanol–water partition coefficient (Wildman–Crippen LogP) is 3.08. The summed E-state index contributed by atoms with van der Waals surface area (Å²) >= 11 is 0. The molecule has 106 valence electrons. The van der Waals surface area contributed by atoms with Crippen molar-refractivity contribution in [3.63, 3.8) is 0 Å². The van der Waals surface area contributed by atoms with Crippen LogP contribution in [0.25, 0.3) is 0 Å². The molecule has 0 aromatic heterocycles. The lowest BCUT2D eigenvalue weighted by Crippen LogP contribution is -2.41. The van der Waals surface area contributed by atoms with Crippen molar-refractivity contribution < 1.29 is 0 Å². The smallest absolute Gasteiger partial charge is 0.00385 e. The first-order valence-corrected chi connectivity index (χ1v) is 8.02. The maximum Gasteiger partial charge on any atom is 0.00385 e. The molecule has 0 saturated carbocycles. The molecule has 2 nitrogen and oxygen atoms in total. The van der Waals surface area contributed by atoms with E-state index >= 15 is 0 Å². The molecule has 18 heavy (non-hydrogen) atoms. The molecule has 2 aliphatic heterocycles. The Bertz CT molecular complexity index is 241. The highest BCUT2D eigenvalue weighted by molar-refractivity contribution is 4.82. The number of hydrogen-bond donors (Lipinski definition) is 0. The topological polar surface area (TPSA) is 6.48 Å². The minimum atomic E-state index is 0.739. The zero-order chi connectivity index (χ0) is 13.1. The van der Waals surface area contributed by atoms with E-state index in [4.69, 9.17) is 0 Å². The predicted molar refractivity (Wildman–Crippen MR) is 78.8 cm³/mol. The van der Waals surface area contributed by atoms with Crippen molar-refractivity contribution in [1.82, 2.24) is 9.80 Å². The molecule has 0 radical (unpaired) electrons. The van der Waals surface area contributed by atoms with Crippen LogP contribution in [0.15, 0.2) is 0 Å². The van der Waals surface area contributed by atoms with E-state index < -0.39 is 0 Å². The summed E-state index contributed by atoms with van der Waals surface area (Å²) in [6.45, 7) is 16.2. The molecule has 2 heteroatoms. The number of rotatable bonds is 4. The lowest BCUT2D eigenvalue weighted by molar-refractivity contribution is 0.127. The van der Waals surface area contributed by atoms with Gasteiger partial charge in [-0.25, -0.2) is 0 Å². The third-order valence-electron chi connectivity index (χ3n) is 5.15. The third-order valence-corrected chi connectivity index (χ3v) is 5.15. The molecule has 2 saturated heterocycles. The molecule has 0 bridgehead atoms. The second-order valence-electron chi connectivity index (χ2n) is 7.13. The zero-order valence-electron chi connectivity index (χ0n) is 12.9. The Morgan fingerprint density at radius 3 is 2.11 bits per heavy atom. The third kappa shape index (κ3) is 3.71. The van der Waals surface area contributed by atoms with Crippen molar-refractivity contribution in [3.05, 3.63) is 0 Å². The fourth-order valence-corrected chi connectivity index (χ4v) is 3.59. The van der Waals surface area contributed by atoms with Crippen molar-refractivity contribution >= 4 is 0 Å². The molecule has 0 unspecified atom stereocenters. The van der Waals surface area contributed by atoms with E-state index in [1.165, 1.54) is 52.0 Å². The van der Waals surface area contributed by atoms with Gasteiger partial charge in [0.05, 0.1) is 0 Å². The van der Waals surface area contributed by atoms with E-state index in [0.29, 0.717) is 0 Å². The summed E-state index contributed by atoms with van der Waals surface area (Å²) in [7, 11) is 0. The van der Waals surface area contributed by atoms with Gasteiger partial charge in [0.1, 0.15) is 0 Å². The van der Waals surface area contributed by atoms with Gasteiger partial charge in [-0.2, -0.15) is 0 Å². The van der Waals surface area contributed by atoms with Crippen LogP contribution in [0.2, 0.25) is 0 Å². The van der Waals surface area contributed by atoms with E-state index in [9.17, 15) is 0 Å². The van der Waals surface area contributed by atoms with Gasteiger partial charge in [0.15, 0.2) is 0 Å². The first-order chi connectivity index (χ1) is 8.56. The molecule has 0 aliphatic carbocycles. The minimum absolute atomic E-state index is 0.739. The molecule has 0 amide bonds. The summed E-state index contributed by atoms with van der Waals surface area (Å²) < 4.78 is 0. The lowest BCUT2D eigenvalue weighted by Gasteiger charge is -2.36. The van der Waals surface area contributed by atoms with Gasteiger partial charge in [-0.15, -0.1) is 0 Å². The quantitative estimate of drug-likeness (QED) is 0.758. The summed E-state index contributed by atoms with van der Waals surface area (Å²) in [5, 5.41) is 0. The fraction of sp³-hybridized carbons (Fsp3) is 1.00. The van der Waals surface area contributed by atoms with E-state index in [0.717, 1.165) is 23.8 Å². The monoisotopic (exact) mass is 252 g/mol. The van der Waals surface area contributed by atoms with Gasteiger partial charge < -0.3 is 9.80 Å². The van der Waals surface area contributed by atoms with Gasteiger partial charge in [-0.1, -0.05) is 13.8 Å². The average Bonchev–Trinajstić information content (AvgIpc) is 2.78. The number of likely N-dealkylation sites (tertiary alicyclic amines) is 2. The second-order valence-corrected chi connectivity index (χ2v) is 7.13. The summed E-state index contributed by atoms with van der Waals surface area (Å²) in [4.78, 5) is 5.37. The van der Waals surface area contributed by atoms with Crippen LogP contribution < -0.4 is 0 Å². The highest BCUT2D eigenvalue weighted by Crippen LogP contribution is 2.26. The van der Waals surface area contributed by atoms with Gasteiger partial charge in [0.2, 0.25) is 0 Å². The summed E-state index contributed by atoms with van der Waals surface area (Å²) in [6.07, 6.45) is 4.27. The number of hydrogen-bond acceptors (Lipinski definition) is 2. The van der Waals surface area contributed by atoms with Gasteiger partial charge in [0, 0.05) is 19.1 Å². The number of nitrogens with zero attached hydrogens (tertiary/aromatic N) is 2. The Balaban J connectivity index is 1.69. The molecule has 0 aromatic carbocycles. The van der Waals surface area contributed by atoms with Crippen LogP contribution >= 0.6 is 0 Å². The Morgan fingerprint density at radius 1 is 0.944 bits per heavy atom. The summed E-state index contributed by atoms with van der Waals surface area (Å²) in [6, 6.07) is 0.739. The van der Waals surface area contributed by atoms with Crippen LogP contribution in [0.4, 0.5) is 0 Å². The van der Waals surface area contributed by atoms with Gasteiger partial charge in [-0.3, -0.25) is 0 Å². The highest BCUT2D eigenvalue weighted by atomic mass is 15.2. The molecule has 2 aliphatic rings. The fourth-order valence-electron chi connectivity index (χ4n) is 3.59. The van der Waals surface area contributed by atoms with Crippen molar-refractivity contribution in [2.45, 2.75) is 53.0 Å². The highest BCUT2D eigenvalue weighted by Gasteiger charge is 2.28. The molecule has 0 spiro atoms. The van der Waals surface area contributed by atoms with E-state index in [-0.39, 0.29) is 0 Å². The average molecular weight is 252 g/mol. The molecule has 2 rings (SSSR count). The van der Waals surface area contributed by atoms with Gasteiger partial charge in [-0.05, 0) is 70.5 Å². The molecule has 1 atom stereocenters. The Kier molecular flexibility index (Phi) is 5.08. The van der Waals surface area contributed by atoms with Crippen molar-refractivity contribution in [1.29, 1.82) is 0 Å². The lowest BCUT2D eigenvalue weighted by atomic mass is 9.94. The minimum Gasteiger partial charge on any atom is -0.303 e. The van der Waals surface area contributed by atoms with E-state index in [1.54, 1.807) is 0 Å². The molecule has 2 heterocycles. The summed E-state index contributed by atoms with van der Waals surface area (Å²) in [5.41, 5.74) is 0.